The molecule has 0 aliphatic carbocycles. The van der Waals surface area contributed by atoms with E-state index in [1.807, 2.05) is 31.1 Å². The lowest BCUT2D eigenvalue weighted by molar-refractivity contribution is -0.120. The van der Waals surface area contributed by atoms with Gasteiger partial charge in [-0.15, -0.1) is 24.0 Å². The molecule has 1 saturated heterocycles. The van der Waals surface area contributed by atoms with E-state index < -0.39 is 5.91 Å². The Bertz CT molecular complexity index is 896. The Morgan fingerprint density at radius 2 is 2.14 bits per heavy atom. The van der Waals surface area contributed by atoms with Crippen molar-refractivity contribution in [3.8, 4) is 0 Å². The minimum absolute atomic E-state index is 0. The molecule has 0 unspecified atom stereocenters. The fourth-order valence-corrected chi connectivity index (χ4v) is 3.09. The van der Waals surface area contributed by atoms with E-state index in [0.29, 0.717) is 37.7 Å². The number of aliphatic imine (C=N–C) groups is 1. The summed E-state index contributed by atoms with van der Waals surface area (Å²) in [5, 5.41) is 7.37. The highest BCUT2D eigenvalue weighted by Gasteiger charge is 2.27. The molecule has 0 radical (unpaired) electrons. The highest BCUT2D eigenvalue weighted by molar-refractivity contribution is 14.0. The Morgan fingerprint density at radius 3 is 2.76 bits per heavy atom. The first-order valence-corrected chi connectivity index (χ1v) is 9.19. The lowest BCUT2D eigenvalue weighted by Crippen LogP contribution is -2.55. The van der Waals surface area contributed by atoms with Crippen molar-refractivity contribution in [2.75, 3.05) is 31.1 Å². The summed E-state index contributed by atoms with van der Waals surface area (Å²) in [5.74, 6) is 0.210. The topological polar surface area (TPSA) is 109 Å². The maximum absolute atomic E-state index is 12.6. The number of carbonyl (C=O) groups excluding carboxylic acids is 2. The molecular weight excluding hydrogens is 485 g/mol. The third-order valence-electron chi connectivity index (χ3n) is 4.48. The van der Waals surface area contributed by atoms with Crippen molar-refractivity contribution in [2.45, 2.75) is 13.5 Å². The maximum atomic E-state index is 12.6. The van der Waals surface area contributed by atoms with E-state index >= 15 is 0 Å². The average molecular weight is 511 g/mol. The van der Waals surface area contributed by atoms with Crippen molar-refractivity contribution in [1.82, 2.24) is 20.0 Å². The largest absolute Gasteiger partial charge is 0.366 e. The van der Waals surface area contributed by atoms with Crippen molar-refractivity contribution in [2.24, 2.45) is 17.8 Å². The summed E-state index contributed by atoms with van der Waals surface area (Å²) >= 11 is 0. The van der Waals surface area contributed by atoms with Crippen molar-refractivity contribution in [3.05, 3.63) is 47.8 Å². The van der Waals surface area contributed by atoms with Gasteiger partial charge in [0.15, 0.2) is 5.96 Å². The monoisotopic (exact) mass is 511 g/mol. The number of guanidine groups is 1. The van der Waals surface area contributed by atoms with Crippen LogP contribution in [0.1, 0.15) is 22.8 Å². The van der Waals surface area contributed by atoms with Crippen LogP contribution >= 0.6 is 24.0 Å². The van der Waals surface area contributed by atoms with E-state index in [4.69, 9.17) is 5.73 Å². The number of amides is 2. The number of hydrogen-bond donors (Lipinski definition) is 2. The minimum Gasteiger partial charge on any atom is -0.366 e. The number of nitrogens with zero attached hydrogens (tertiary/aromatic N) is 5. The van der Waals surface area contributed by atoms with E-state index in [-0.39, 0.29) is 36.4 Å². The van der Waals surface area contributed by atoms with Gasteiger partial charge in [0, 0.05) is 38.4 Å². The van der Waals surface area contributed by atoms with Gasteiger partial charge in [-0.05, 0) is 24.6 Å². The first-order valence-electron chi connectivity index (χ1n) is 9.19. The lowest BCUT2D eigenvalue weighted by Gasteiger charge is -2.35. The zero-order valence-corrected chi connectivity index (χ0v) is 18.9. The second kappa shape index (κ2) is 10.2. The summed E-state index contributed by atoms with van der Waals surface area (Å²) < 4.78 is 1.68. The van der Waals surface area contributed by atoms with Gasteiger partial charge < -0.3 is 20.9 Å². The summed E-state index contributed by atoms with van der Waals surface area (Å²) in [7, 11) is 1.83. The second-order valence-electron chi connectivity index (χ2n) is 6.57. The number of halogens is 1. The van der Waals surface area contributed by atoms with Crippen molar-refractivity contribution in [3.63, 3.8) is 0 Å². The molecular formula is C19H26IN7O2. The first kappa shape index (κ1) is 22.7. The van der Waals surface area contributed by atoms with Crippen molar-refractivity contribution < 1.29 is 9.59 Å². The molecule has 1 aliphatic rings. The van der Waals surface area contributed by atoms with Crippen LogP contribution in [-0.4, -0.2) is 58.6 Å². The fraction of sp³-hybridized carbons (Fsp3) is 0.368. The molecule has 156 valence electrons. The van der Waals surface area contributed by atoms with Crippen LogP contribution < -0.4 is 16.0 Å². The number of aryl methyl sites for hydroxylation is 1. The highest BCUT2D eigenvalue weighted by Crippen LogP contribution is 2.16. The standard InChI is InChI=1S/C19H25N7O2.HI/c1-3-21-19(22-10-14-5-4-6-15(9-14)18(20)28)25-7-8-26(17(27)13-25)16-11-23-24(2)12-16;/h4-6,9,11-12H,3,7-8,10,13H2,1-2H3,(H2,20,28)(H,21,22);1H. The van der Waals surface area contributed by atoms with Crippen LogP contribution in [0.4, 0.5) is 5.69 Å². The molecule has 3 rings (SSSR count). The Labute approximate surface area is 187 Å². The number of carbonyl (C=O) groups is 2. The minimum atomic E-state index is -0.463. The van der Waals surface area contributed by atoms with E-state index in [2.05, 4.69) is 15.4 Å². The molecule has 29 heavy (non-hydrogen) atoms. The van der Waals surface area contributed by atoms with Crippen LogP contribution in [0.25, 0.3) is 0 Å². The molecule has 0 atom stereocenters. The Kier molecular flexibility index (Phi) is 8.00. The number of piperazine rings is 1. The van der Waals surface area contributed by atoms with E-state index in [0.717, 1.165) is 11.3 Å². The van der Waals surface area contributed by atoms with Gasteiger partial charge in [0.1, 0.15) is 6.54 Å². The quantitative estimate of drug-likeness (QED) is 0.353. The number of aromatic nitrogens is 2. The van der Waals surface area contributed by atoms with E-state index in [9.17, 15) is 9.59 Å². The Balaban J connectivity index is 0.00000300. The number of nitrogens with two attached hydrogens (primary N) is 1. The van der Waals surface area contributed by atoms with Crippen LogP contribution in [0, 0.1) is 0 Å². The third kappa shape index (κ3) is 5.68. The molecule has 0 spiro atoms. The Morgan fingerprint density at radius 1 is 1.34 bits per heavy atom. The number of nitrogens with one attached hydrogen (secondary N) is 1. The van der Waals surface area contributed by atoms with E-state index in [1.165, 1.54) is 0 Å². The smallest absolute Gasteiger partial charge is 0.248 e. The second-order valence-corrected chi connectivity index (χ2v) is 6.57. The summed E-state index contributed by atoms with van der Waals surface area (Å²) in [6, 6.07) is 7.09. The molecule has 0 bridgehead atoms. The molecule has 3 N–H and O–H groups in total. The van der Waals surface area contributed by atoms with Crippen LogP contribution in [0.15, 0.2) is 41.7 Å². The summed E-state index contributed by atoms with van der Waals surface area (Å²) in [6.45, 7) is 4.52. The number of primary amides is 1. The van der Waals surface area contributed by atoms with Crippen LogP contribution in [-0.2, 0) is 18.4 Å². The maximum Gasteiger partial charge on any atom is 0.248 e. The van der Waals surface area contributed by atoms with Crippen LogP contribution in [0.3, 0.4) is 0 Å². The first-order chi connectivity index (χ1) is 13.5. The summed E-state index contributed by atoms with van der Waals surface area (Å²) in [5.41, 5.74) is 7.48. The van der Waals surface area contributed by atoms with Gasteiger partial charge in [-0.3, -0.25) is 14.3 Å². The molecule has 2 aromatic rings. The number of hydrogen-bond acceptors (Lipinski definition) is 4. The van der Waals surface area contributed by atoms with Gasteiger partial charge in [0.2, 0.25) is 11.8 Å². The average Bonchev–Trinajstić information content (AvgIpc) is 3.11. The molecule has 9 nitrogen and oxygen atoms in total. The number of rotatable bonds is 5. The fourth-order valence-electron chi connectivity index (χ4n) is 3.09. The van der Waals surface area contributed by atoms with Gasteiger partial charge in [-0.2, -0.15) is 5.10 Å². The zero-order valence-electron chi connectivity index (χ0n) is 16.5. The molecule has 2 heterocycles. The SMILES string of the molecule is CCNC(=NCc1cccc(C(N)=O)c1)N1CCN(c2cnn(C)c2)C(=O)C1.I. The van der Waals surface area contributed by atoms with Gasteiger partial charge in [0.05, 0.1) is 18.4 Å². The van der Waals surface area contributed by atoms with Crippen LogP contribution in [0.2, 0.25) is 0 Å². The molecule has 0 saturated carbocycles. The molecule has 1 aromatic heterocycles. The number of anilines is 1. The predicted molar refractivity (Wildman–Crippen MR) is 122 cm³/mol. The molecule has 1 fully saturated rings. The van der Waals surface area contributed by atoms with E-state index in [1.54, 1.807) is 34.0 Å². The number of benzene rings is 1. The van der Waals surface area contributed by atoms with Gasteiger partial charge >= 0.3 is 0 Å². The Hall–Kier alpha value is -2.63. The lowest BCUT2D eigenvalue weighted by atomic mass is 10.1. The normalized spacial score (nSPS) is 14.6. The molecule has 2 amide bonds. The van der Waals surface area contributed by atoms with Gasteiger partial charge in [-0.25, -0.2) is 4.99 Å². The summed E-state index contributed by atoms with van der Waals surface area (Å²) in [6.07, 6.45) is 3.52. The van der Waals surface area contributed by atoms with Gasteiger partial charge in [-0.1, -0.05) is 12.1 Å². The third-order valence-corrected chi connectivity index (χ3v) is 4.48. The molecule has 1 aliphatic heterocycles. The van der Waals surface area contributed by atoms with Crippen molar-refractivity contribution >= 4 is 47.4 Å². The van der Waals surface area contributed by atoms with Crippen LogP contribution in [0.5, 0.6) is 0 Å². The zero-order chi connectivity index (χ0) is 20.1. The summed E-state index contributed by atoms with van der Waals surface area (Å²) in [4.78, 5) is 32.3. The van der Waals surface area contributed by atoms with Crippen molar-refractivity contribution in [1.29, 1.82) is 0 Å². The highest BCUT2D eigenvalue weighted by atomic mass is 127. The molecule has 1 aromatic carbocycles. The molecule has 10 heteroatoms. The van der Waals surface area contributed by atoms with Gasteiger partial charge in [0.25, 0.3) is 0 Å². The predicted octanol–water partition coefficient (Wildman–Crippen LogP) is 0.951.